The molecule has 172 valence electrons. The largest absolute Gasteiger partial charge is 0.490 e. The van der Waals surface area contributed by atoms with Gasteiger partial charge in [-0.3, -0.25) is 0 Å². The molecule has 0 bridgehead atoms. The van der Waals surface area contributed by atoms with E-state index in [0.29, 0.717) is 29.5 Å². The summed E-state index contributed by atoms with van der Waals surface area (Å²) in [6, 6.07) is 4.88. The second-order valence-corrected chi connectivity index (χ2v) is 8.72. The Bertz CT molecular complexity index is 1040. The summed E-state index contributed by atoms with van der Waals surface area (Å²) in [4.78, 5) is 0. The van der Waals surface area contributed by atoms with Crippen LogP contribution in [0, 0.1) is 23.4 Å². The van der Waals surface area contributed by atoms with E-state index in [-0.39, 0.29) is 48.4 Å². The minimum atomic E-state index is -1.19. The van der Waals surface area contributed by atoms with E-state index in [9.17, 15) is 17.6 Å². The third kappa shape index (κ3) is 4.37. The number of ether oxygens (including phenoxy) is 2. The first kappa shape index (κ1) is 22.7. The van der Waals surface area contributed by atoms with Crippen molar-refractivity contribution in [3.05, 3.63) is 63.7 Å². The van der Waals surface area contributed by atoms with Crippen LogP contribution in [0.5, 0.6) is 17.2 Å². The van der Waals surface area contributed by atoms with Crippen molar-refractivity contribution < 1.29 is 27.0 Å². The Labute approximate surface area is 186 Å². The maximum Gasteiger partial charge on any atom is 0.205 e. The average Bonchev–Trinajstić information content (AvgIpc) is 2.78. The number of hydrogen-bond acceptors (Lipinski definition) is 2. The molecule has 2 aliphatic rings. The highest BCUT2D eigenvalue weighted by Gasteiger charge is 2.29. The summed E-state index contributed by atoms with van der Waals surface area (Å²) in [5, 5.41) is 0. The second-order valence-electron chi connectivity index (χ2n) is 8.72. The molecule has 0 radical (unpaired) electrons. The van der Waals surface area contributed by atoms with Crippen molar-refractivity contribution >= 4 is 0 Å². The molecule has 0 saturated heterocycles. The van der Waals surface area contributed by atoms with Crippen LogP contribution in [0.4, 0.5) is 17.6 Å². The van der Waals surface area contributed by atoms with Crippen molar-refractivity contribution in [3.8, 4) is 17.2 Å². The molecule has 1 aliphatic carbocycles. The lowest BCUT2D eigenvalue weighted by molar-refractivity contribution is 0.213. The van der Waals surface area contributed by atoms with Crippen LogP contribution < -0.4 is 9.47 Å². The standard InChI is InChI=1S/C26H28F4O2/c1-3-5-16-8-7-15(11-20(16)27)14-31-21-13-19-12-18-10-9-17(6-4-2)22(28)25(18)32-26(19)24(30)23(21)29/h9-10,13,15H,3-8,11-12,14H2,1-2H3. The Kier molecular flexibility index (Phi) is 6.77. The predicted octanol–water partition coefficient (Wildman–Crippen LogP) is 7.96. The summed E-state index contributed by atoms with van der Waals surface area (Å²) >= 11 is 0. The number of aryl methyl sites for hydroxylation is 1. The molecule has 0 fully saturated rings. The van der Waals surface area contributed by atoms with Crippen LogP contribution in [0.25, 0.3) is 0 Å². The van der Waals surface area contributed by atoms with Crippen LogP contribution in [0.15, 0.2) is 29.6 Å². The number of fused-ring (bicyclic) bond motifs is 2. The fraction of sp³-hybridized carbons (Fsp3) is 0.462. The Morgan fingerprint density at radius 1 is 0.938 bits per heavy atom. The molecule has 1 atom stereocenters. The van der Waals surface area contributed by atoms with Gasteiger partial charge in [-0.05, 0) is 48.8 Å². The third-order valence-corrected chi connectivity index (χ3v) is 6.30. The fourth-order valence-electron chi connectivity index (χ4n) is 4.56. The van der Waals surface area contributed by atoms with E-state index in [1.54, 1.807) is 12.1 Å². The maximum atomic E-state index is 14.8. The molecule has 1 heterocycles. The lowest BCUT2D eigenvalue weighted by Crippen LogP contribution is -2.18. The molecule has 2 nitrogen and oxygen atoms in total. The predicted molar refractivity (Wildman–Crippen MR) is 116 cm³/mol. The van der Waals surface area contributed by atoms with Crippen molar-refractivity contribution in [2.24, 2.45) is 5.92 Å². The van der Waals surface area contributed by atoms with Gasteiger partial charge in [-0.25, -0.2) is 8.78 Å². The molecule has 0 amide bonds. The molecule has 4 rings (SSSR count). The minimum Gasteiger partial charge on any atom is -0.490 e. The zero-order valence-electron chi connectivity index (χ0n) is 18.5. The highest BCUT2D eigenvalue weighted by Crippen LogP contribution is 2.44. The number of rotatable bonds is 7. The second kappa shape index (κ2) is 9.55. The molecule has 2 aromatic carbocycles. The third-order valence-electron chi connectivity index (χ3n) is 6.30. The molecular formula is C26H28F4O2. The van der Waals surface area contributed by atoms with E-state index in [2.05, 4.69) is 0 Å². The van der Waals surface area contributed by atoms with Gasteiger partial charge < -0.3 is 9.47 Å². The lowest BCUT2D eigenvalue weighted by Gasteiger charge is -2.25. The number of hydrogen-bond donors (Lipinski definition) is 0. The summed E-state index contributed by atoms with van der Waals surface area (Å²) in [7, 11) is 0. The summed E-state index contributed by atoms with van der Waals surface area (Å²) in [5.41, 5.74) is 2.33. The normalized spacial score (nSPS) is 17.6. The molecule has 0 spiro atoms. The van der Waals surface area contributed by atoms with Gasteiger partial charge in [0.25, 0.3) is 0 Å². The van der Waals surface area contributed by atoms with Gasteiger partial charge >= 0.3 is 0 Å². The van der Waals surface area contributed by atoms with E-state index < -0.39 is 17.5 Å². The number of halogens is 4. The molecule has 0 N–H and O–H groups in total. The molecule has 32 heavy (non-hydrogen) atoms. The van der Waals surface area contributed by atoms with Crippen molar-refractivity contribution in [1.82, 2.24) is 0 Å². The topological polar surface area (TPSA) is 18.5 Å². The molecule has 0 saturated carbocycles. The summed E-state index contributed by atoms with van der Waals surface area (Å²) in [6.07, 6.45) is 4.86. The van der Waals surface area contributed by atoms with Crippen LogP contribution in [-0.2, 0) is 12.8 Å². The molecule has 0 aromatic heterocycles. The van der Waals surface area contributed by atoms with Crippen molar-refractivity contribution in [2.75, 3.05) is 6.61 Å². The van der Waals surface area contributed by atoms with Gasteiger partial charge in [0.2, 0.25) is 11.6 Å². The van der Waals surface area contributed by atoms with Crippen LogP contribution in [-0.4, -0.2) is 6.61 Å². The van der Waals surface area contributed by atoms with E-state index in [1.165, 1.54) is 6.07 Å². The Balaban J connectivity index is 1.52. The summed E-state index contributed by atoms with van der Waals surface area (Å²) < 4.78 is 69.7. The molecule has 2 aromatic rings. The van der Waals surface area contributed by atoms with Gasteiger partial charge in [0.05, 0.1) is 12.4 Å². The van der Waals surface area contributed by atoms with Gasteiger partial charge in [0, 0.05) is 24.0 Å². The monoisotopic (exact) mass is 448 g/mol. The molecule has 1 aliphatic heterocycles. The Morgan fingerprint density at radius 2 is 1.69 bits per heavy atom. The minimum absolute atomic E-state index is 0.0391. The molecular weight excluding hydrogens is 420 g/mol. The smallest absolute Gasteiger partial charge is 0.205 e. The lowest BCUT2D eigenvalue weighted by atomic mass is 9.87. The van der Waals surface area contributed by atoms with Crippen LogP contribution >= 0.6 is 0 Å². The highest BCUT2D eigenvalue weighted by atomic mass is 19.2. The van der Waals surface area contributed by atoms with Crippen molar-refractivity contribution in [3.63, 3.8) is 0 Å². The number of allylic oxidation sites excluding steroid dienone is 2. The first-order chi connectivity index (χ1) is 15.4. The first-order valence-electron chi connectivity index (χ1n) is 11.4. The molecule has 6 heteroatoms. The van der Waals surface area contributed by atoms with Crippen LogP contribution in [0.3, 0.4) is 0 Å². The maximum absolute atomic E-state index is 14.8. The van der Waals surface area contributed by atoms with E-state index in [4.69, 9.17) is 9.47 Å². The van der Waals surface area contributed by atoms with Gasteiger partial charge in [0.15, 0.2) is 23.1 Å². The van der Waals surface area contributed by atoms with Gasteiger partial charge in [0.1, 0.15) is 0 Å². The van der Waals surface area contributed by atoms with Crippen molar-refractivity contribution in [2.45, 2.75) is 65.2 Å². The summed E-state index contributed by atoms with van der Waals surface area (Å²) in [6.45, 7) is 4.06. The zero-order valence-corrected chi connectivity index (χ0v) is 18.5. The SMILES string of the molecule is CCCC1=C(F)CC(COc2cc3c(c(F)c2F)Oc2c(ccc(CCC)c2F)C3)CC1. The highest BCUT2D eigenvalue weighted by molar-refractivity contribution is 5.54. The van der Waals surface area contributed by atoms with Crippen LogP contribution in [0.2, 0.25) is 0 Å². The number of benzene rings is 2. The molecule has 1 unspecified atom stereocenters. The van der Waals surface area contributed by atoms with E-state index in [1.807, 2.05) is 13.8 Å². The van der Waals surface area contributed by atoms with Gasteiger partial charge in [-0.2, -0.15) is 8.78 Å². The zero-order chi connectivity index (χ0) is 22.8. The Hall–Kier alpha value is -2.50. The van der Waals surface area contributed by atoms with Gasteiger partial charge in [-0.15, -0.1) is 0 Å². The van der Waals surface area contributed by atoms with E-state index >= 15 is 0 Å². The van der Waals surface area contributed by atoms with E-state index in [0.717, 1.165) is 31.3 Å². The van der Waals surface area contributed by atoms with Crippen LogP contribution in [0.1, 0.15) is 69.1 Å². The average molecular weight is 449 g/mol. The summed E-state index contributed by atoms with van der Waals surface area (Å²) in [5.74, 6) is -3.63. The Morgan fingerprint density at radius 3 is 2.41 bits per heavy atom. The first-order valence-corrected chi connectivity index (χ1v) is 11.4. The van der Waals surface area contributed by atoms with Gasteiger partial charge in [-0.1, -0.05) is 38.8 Å². The fourth-order valence-corrected chi connectivity index (χ4v) is 4.56. The van der Waals surface area contributed by atoms with Crippen molar-refractivity contribution in [1.29, 1.82) is 0 Å². The quantitative estimate of drug-likeness (QED) is 0.341.